The van der Waals surface area contributed by atoms with Gasteiger partial charge in [0, 0.05) is 17.7 Å². The molecule has 2 aromatic rings. The third kappa shape index (κ3) is 2.29. The Hall–Kier alpha value is -2.83. The van der Waals surface area contributed by atoms with E-state index in [1.165, 1.54) is 24.3 Å². The Bertz CT molecular complexity index is 572. The van der Waals surface area contributed by atoms with Crippen molar-refractivity contribution in [3.63, 3.8) is 0 Å². The summed E-state index contributed by atoms with van der Waals surface area (Å²) in [6.45, 7) is 0. The van der Waals surface area contributed by atoms with E-state index in [9.17, 15) is 14.9 Å². The van der Waals surface area contributed by atoms with Gasteiger partial charge in [0.15, 0.2) is 0 Å². The predicted molar refractivity (Wildman–Crippen MR) is 61.1 cm³/mol. The Balaban J connectivity index is 2.48. The fraction of sp³-hybridized carbons (Fsp3) is 0. The Kier molecular flexibility index (Phi) is 2.96. The zero-order chi connectivity index (χ0) is 13.1. The van der Waals surface area contributed by atoms with E-state index in [2.05, 4.69) is 10.2 Å². The molecule has 90 valence electrons. The van der Waals surface area contributed by atoms with E-state index in [0.717, 1.165) is 6.20 Å². The fourth-order valence-electron chi connectivity index (χ4n) is 1.40. The van der Waals surface area contributed by atoms with Crippen molar-refractivity contribution in [2.24, 2.45) is 0 Å². The van der Waals surface area contributed by atoms with Crippen LogP contribution in [0.2, 0.25) is 0 Å². The minimum atomic E-state index is -1.13. The van der Waals surface area contributed by atoms with Gasteiger partial charge in [-0.25, -0.2) is 4.79 Å². The maximum Gasteiger partial charge on any atom is 0.337 e. The lowest BCUT2D eigenvalue weighted by atomic mass is 10.1. The number of hydrogen-bond acceptors (Lipinski definition) is 5. The second kappa shape index (κ2) is 4.58. The molecule has 0 amide bonds. The van der Waals surface area contributed by atoms with Gasteiger partial charge in [0.1, 0.15) is 0 Å². The number of aromatic carboxylic acids is 1. The van der Waals surface area contributed by atoms with E-state index >= 15 is 0 Å². The van der Waals surface area contributed by atoms with Crippen LogP contribution in [0.5, 0.6) is 0 Å². The van der Waals surface area contributed by atoms with Gasteiger partial charge in [-0.3, -0.25) is 10.1 Å². The number of carboxylic acids is 1. The summed E-state index contributed by atoms with van der Waals surface area (Å²) >= 11 is 0. The van der Waals surface area contributed by atoms with Crippen LogP contribution >= 0.6 is 0 Å². The van der Waals surface area contributed by atoms with Gasteiger partial charge >= 0.3 is 5.97 Å². The summed E-state index contributed by atoms with van der Waals surface area (Å²) in [6.07, 6.45) is 1.11. The van der Waals surface area contributed by atoms with Crippen molar-refractivity contribution in [1.29, 1.82) is 0 Å². The minimum Gasteiger partial charge on any atom is -0.478 e. The Morgan fingerprint density at radius 2 is 2.11 bits per heavy atom. The van der Waals surface area contributed by atoms with Crippen molar-refractivity contribution in [3.05, 3.63) is 52.2 Å². The van der Waals surface area contributed by atoms with Gasteiger partial charge in [-0.2, -0.15) is 10.2 Å². The number of nitrogens with zero attached hydrogens (tertiary/aromatic N) is 3. The second-order valence-corrected chi connectivity index (χ2v) is 3.44. The number of nitro benzene ring substituents is 1. The van der Waals surface area contributed by atoms with Crippen molar-refractivity contribution in [3.8, 4) is 11.3 Å². The molecule has 0 unspecified atom stereocenters. The first-order valence-corrected chi connectivity index (χ1v) is 4.89. The summed E-state index contributed by atoms with van der Waals surface area (Å²) in [4.78, 5) is 20.9. The molecular weight excluding hydrogens is 238 g/mol. The highest BCUT2D eigenvalue weighted by molar-refractivity contribution is 5.88. The molecule has 0 atom stereocenters. The van der Waals surface area contributed by atoms with Crippen LogP contribution < -0.4 is 0 Å². The Morgan fingerprint density at radius 1 is 1.33 bits per heavy atom. The number of hydrogen-bond donors (Lipinski definition) is 1. The highest BCUT2D eigenvalue weighted by atomic mass is 16.6. The molecule has 0 spiro atoms. The summed E-state index contributed by atoms with van der Waals surface area (Å²) in [7, 11) is 0. The molecule has 0 radical (unpaired) electrons. The molecule has 0 aliphatic heterocycles. The molecule has 0 saturated heterocycles. The average molecular weight is 245 g/mol. The molecule has 2 rings (SSSR count). The van der Waals surface area contributed by atoms with E-state index in [1.807, 2.05) is 0 Å². The topological polar surface area (TPSA) is 106 Å². The Morgan fingerprint density at radius 3 is 2.78 bits per heavy atom. The summed E-state index contributed by atoms with van der Waals surface area (Å²) in [5.41, 5.74) is 0.611. The van der Waals surface area contributed by atoms with Gasteiger partial charge < -0.3 is 5.11 Å². The summed E-state index contributed by atoms with van der Waals surface area (Å²) in [5, 5.41) is 26.8. The van der Waals surface area contributed by atoms with Crippen LogP contribution in [0.15, 0.2) is 36.5 Å². The summed E-state index contributed by atoms with van der Waals surface area (Å²) < 4.78 is 0. The normalized spacial score (nSPS) is 10.0. The molecule has 1 aromatic carbocycles. The van der Waals surface area contributed by atoms with Crippen LogP contribution in [0.4, 0.5) is 5.69 Å². The van der Waals surface area contributed by atoms with Crippen LogP contribution in [0.1, 0.15) is 10.4 Å². The maximum atomic E-state index is 10.8. The molecular formula is C11H7N3O4. The highest BCUT2D eigenvalue weighted by Gasteiger charge is 2.10. The molecule has 0 bridgehead atoms. The van der Waals surface area contributed by atoms with Crippen molar-refractivity contribution >= 4 is 11.7 Å². The number of rotatable bonds is 3. The standard InChI is InChI=1S/C11H7N3O4/c15-11(16)8-5-10(13-12-6-8)7-2-1-3-9(4-7)14(17)18/h1-6H,(H,15,16). The van der Waals surface area contributed by atoms with Gasteiger partial charge in [-0.05, 0) is 6.07 Å². The zero-order valence-electron chi connectivity index (χ0n) is 8.98. The number of benzene rings is 1. The van der Waals surface area contributed by atoms with E-state index in [4.69, 9.17) is 5.11 Å². The first-order chi connectivity index (χ1) is 8.58. The van der Waals surface area contributed by atoms with Crippen LogP contribution in [0.3, 0.4) is 0 Å². The predicted octanol–water partition coefficient (Wildman–Crippen LogP) is 1.75. The van der Waals surface area contributed by atoms with Crippen LogP contribution in [-0.2, 0) is 0 Å². The SMILES string of the molecule is O=C(O)c1cnnc(-c2cccc([N+](=O)[O-])c2)c1. The summed E-state index contributed by atoms with van der Waals surface area (Å²) in [6, 6.07) is 7.08. The van der Waals surface area contributed by atoms with Gasteiger partial charge in [0.05, 0.1) is 22.4 Å². The second-order valence-electron chi connectivity index (χ2n) is 3.44. The first kappa shape index (κ1) is 11.6. The third-order valence-corrected chi connectivity index (χ3v) is 2.25. The van der Waals surface area contributed by atoms with Gasteiger partial charge in [-0.15, -0.1) is 0 Å². The average Bonchev–Trinajstić information content (AvgIpc) is 2.39. The first-order valence-electron chi connectivity index (χ1n) is 4.89. The molecule has 1 N–H and O–H groups in total. The van der Waals surface area contributed by atoms with E-state index in [1.54, 1.807) is 6.07 Å². The number of carbonyl (C=O) groups is 1. The molecule has 18 heavy (non-hydrogen) atoms. The van der Waals surface area contributed by atoms with Crippen LogP contribution in [0.25, 0.3) is 11.3 Å². The molecule has 0 saturated carbocycles. The molecule has 1 aromatic heterocycles. The van der Waals surface area contributed by atoms with E-state index in [0.29, 0.717) is 5.56 Å². The molecule has 0 aliphatic rings. The number of nitro groups is 1. The molecule has 7 nitrogen and oxygen atoms in total. The molecule has 1 heterocycles. The number of aromatic nitrogens is 2. The van der Waals surface area contributed by atoms with Gasteiger partial charge in [0.25, 0.3) is 5.69 Å². The fourth-order valence-corrected chi connectivity index (χ4v) is 1.40. The van der Waals surface area contributed by atoms with Crippen molar-refractivity contribution < 1.29 is 14.8 Å². The van der Waals surface area contributed by atoms with Gasteiger partial charge in [0.2, 0.25) is 0 Å². The molecule has 0 fully saturated rings. The number of carboxylic acid groups (broad SMARTS) is 1. The van der Waals surface area contributed by atoms with Crippen LogP contribution in [-0.4, -0.2) is 26.2 Å². The van der Waals surface area contributed by atoms with Gasteiger partial charge in [-0.1, -0.05) is 12.1 Å². The minimum absolute atomic E-state index is 0.0218. The van der Waals surface area contributed by atoms with Crippen molar-refractivity contribution in [1.82, 2.24) is 10.2 Å². The lowest BCUT2D eigenvalue weighted by molar-refractivity contribution is -0.384. The molecule has 7 heteroatoms. The maximum absolute atomic E-state index is 10.8. The van der Waals surface area contributed by atoms with Crippen molar-refractivity contribution in [2.75, 3.05) is 0 Å². The summed E-state index contributed by atoms with van der Waals surface area (Å²) in [5.74, 6) is -1.13. The quantitative estimate of drug-likeness (QED) is 0.652. The lowest BCUT2D eigenvalue weighted by Crippen LogP contribution is -1.99. The number of non-ortho nitro benzene ring substituents is 1. The highest BCUT2D eigenvalue weighted by Crippen LogP contribution is 2.22. The van der Waals surface area contributed by atoms with Crippen molar-refractivity contribution in [2.45, 2.75) is 0 Å². The third-order valence-electron chi connectivity index (χ3n) is 2.25. The molecule has 0 aliphatic carbocycles. The monoisotopic (exact) mass is 245 g/mol. The zero-order valence-corrected chi connectivity index (χ0v) is 8.98. The Labute approximate surface area is 101 Å². The van der Waals surface area contributed by atoms with E-state index < -0.39 is 10.9 Å². The largest absolute Gasteiger partial charge is 0.478 e. The smallest absolute Gasteiger partial charge is 0.337 e. The van der Waals surface area contributed by atoms with Crippen LogP contribution in [0, 0.1) is 10.1 Å². The lowest BCUT2D eigenvalue weighted by Gasteiger charge is -2.00. The van der Waals surface area contributed by atoms with E-state index in [-0.39, 0.29) is 16.9 Å².